The molecule has 1 amide bonds. The van der Waals surface area contributed by atoms with E-state index in [1.807, 2.05) is 49.4 Å². The molecule has 1 atom stereocenters. The van der Waals surface area contributed by atoms with Crippen molar-refractivity contribution in [3.8, 4) is 0 Å². The summed E-state index contributed by atoms with van der Waals surface area (Å²) in [5.74, 6) is -0.312. The molecule has 0 bridgehead atoms. The van der Waals surface area contributed by atoms with Gasteiger partial charge in [-0.3, -0.25) is 4.79 Å². The van der Waals surface area contributed by atoms with E-state index in [1.54, 1.807) is 6.07 Å². The van der Waals surface area contributed by atoms with E-state index in [4.69, 9.17) is 11.6 Å². The van der Waals surface area contributed by atoms with Crippen molar-refractivity contribution in [2.24, 2.45) is 0 Å². The van der Waals surface area contributed by atoms with Crippen LogP contribution in [0.3, 0.4) is 0 Å². The zero-order valence-electron chi connectivity index (χ0n) is 18.5. The first-order valence-electron chi connectivity index (χ1n) is 11.1. The molecule has 0 aromatic heterocycles. The van der Waals surface area contributed by atoms with Crippen molar-refractivity contribution in [2.45, 2.75) is 43.7 Å². The summed E-state index contributed by atoms with van der Waals surface area (Å²) in [4.78, 5) is 12.8. The molecule has 33 heavy (non-hydrogen) atoms. The molecule has 0 spiro atoms. The number of benzene rings is 3. The fraction of sp³-hybridized carbons (Fsp3) is 0.269. The number of amides is 1. The third-order valence-electron chi connectivity index (χ3n) is 5.99. The van der Waals surface area contributed by atoms with Crippen LogP contribution in [0.5, 0.6) is 0 Å². The topological polar surface area (TPSA) is 66.5 Å². The average molecular weight is 483 g/mol. The van der Waals surface area contributed by atoms with Gasteiger partial charge in [0.25, 0.3) is 5.91 Å². The minimum absolute atomic E-state index is 0.0341. The normalized spacial score (nSPS) is 15.0. The van der Waals surface area contributed by atoms with Gasteiger partial charge in [0.15, 0.2) is 0 Å². The molecular weight excluding hydrogens is 456 g/mol. The summed E-state index contributed by atoms with van der Waals surface area (Å²) >= 11 is 6.29. The van der Waals surface area contributed by atoms with Gasteiger partial charge in [-0.1, -0.05) is 66.2 Å². The van der Waals surface area contributed by atoms with Crippen molar-refractivity contribution in [1.29, 1.82) is 0 Å². The van der Waals surface area contributed by atoms with Gasteiger partial charge in [-0.2, -0.15) is 4.31 Å². The molecule has 0 fully saturated rings. The number of nitrogens with zero attached hydrogens (tertiary/aromatic N) is 1. The first-order valence-corrected chi connectivity index (χ1v) is 12.9. The predicted octanol–water partition coefficient (Wildman–Crippen LogP) is 4.84. The number of aryl methyl sites for hydroxylation is 1. The fourth-order valence-electron chi connectivity index (χ4n) is 4.06. The molecule has 4 rings (SSSR count). The van der Waals surface area contributed by atoms with Gasteiger partial charge in [0.2, 0.25) is 10.0 Å². The summed E-state index contributed by atoms with van der Waals surface area (Å²) in [6.07, 6.45) is 2.27. The Hall–Kier alpha value is -2.67. The zero-order valence-corrected chi connectivity index (χ0v) is 20.1. The van der Waals surface area contributed by atoms with E-state index < -0.39 is 10.0 Å². The molecule has 3 aromatic carbocycles. The third-order valence-corrected chi connectivity index (χ3v) is 8.32. The van der Waals surface area contributed by atoms with Crippen LogP contribution in [0.1, 0.15) is 40.4 Å². The number of fused-ring (bicyclic) bond motifs is 1. The van der Waals surface area contributed by atoms with E-state index in [-0.39, 0.29) is 27.4 Å². The van der Waals surface area contributed by atoms with Crippen LogP contribution in [0.15, 0.2) is 77.7 Å². The molecule has 0 saturated carbocycles. The van der Waals surface area contributed by atoms with Crippen molar-refractivity contribution in [3.63, 3.8) is 0 Å². The lowest BCUT2D eigenvalue weighted by Gasteiger charge is -2.28. The number of hydrogen-bond acceptors (Lipinski definition) is 3. The lowest BCUT2D eigenvalue weighted by atomic mass is 10.0. The maximum Gasteiger partial charge on any atom is 0.251 e. The summed E-state index contributed by atoms with van der Waals surface area (Å²) in [7, 11) is -3.84. The van der Waals surface area contributed by atoms with Gasteiger partial charge < -0.3 is 5.32 Å². The summed E-state index contributed by atoms with van der Waals surface area (Å²) in [6.45, 7) is 2.62. The number of hydrogen-bond donors (Lipinski definition) is 1. The van der Waals surface area contributed by atoms with E-state index >= 15 is 0 Å². The van der Waals surface area contributed by atoms with Gasteiger partial charge in [-0.05, 0) is 61.1 Å². The fourth-order valence-corrected chi connectivity index (χ4v) is 5.98. The lowest BCUT2D eigenvalue weighted by Crippen LogP contribution is -2.36. The Bertz CT molecular complexity index is 1250. The maximum atomic E-state index is 13.4. The molecule has 0 saturated heterocycles. The molecule has 1 aliphatic rings. The smallest absolute Gasteiger partial charge is 0.251 e. The van der Waals surface area contributed by atoms with E-state index in [0.717, 1.165) is 24.0 Å². The van der Waals surface area contributed by atoms with Crippen molar-refractivity contribution < 1.29 is 13.2 Å². The maximum absolute atomic E-state index is 13.4. The minimum Gasteiger partial charge on any atom is -0.350 e. The Labute approximate surface area is 200 Å². The first-order chi connectivity index (χ1) is 15.8. The number of carbonyl (C=O) groups is 1. The summed E-state index contributed by atoms with van der Waals surface area (Å²) in [6, 6.07) is 22.3. The molecule has 7 heteroatoms. The molecule has 172 valence electrons. The zero-order chi connectivity index (χ0) is 23.4. The molecule has 1 aliphatic heterocycles. The quantitative estimate of drug-likeness (QED) is 0.524. The van der Waals surface area contributed by atoms with Gasteiger partial charge in [-0.15, -0.1) is 0 Å². The molecule has 3 aromatic rings. The molecule has 1 heterocycles. The highest BCUT2D eigenvalue weighted by atomic mass is 35.5. The highest BCUT2D eigenvalue weighted by Gasteiger charge is 2.30. The standard InChI is InChI=1S/C26H27ClN2O3S/c1-19(11-12-20-7-3-2-4-8-20)28-26(30)22-13-14-24(27)25(17-22)33(31,32)29-16-15-21-9-5-6-10-23(21)18-29/h2-10,13-14,17,19H,11-12,15-16,18H2,1H3,(H,28,30)/t19-/m0/s1. The second-order valence-corrected chi connectivity index (χ2v) is 10.7. The monoisotopic (exact) mass is 482 g/mol. The van der Waals surface area contributed by atoms with Crippen LogP contribution in [0.2, 0.25) is 5.02 Å². The van der Waals surface area contributed by atoms with Gasteiger partial charge >= 0.3 is 0 Å². The van der Waals surface area contributed by atoms with Crippen LogP contribution in [0.4, 0.5) is 0 Å². The molecule has 0 radical (unpaired) electrons. The van der Waals surface area contributed by atoms with E-state index in [0.29, 0.717) is 19.5 Å². The number of carbonyl (C=O) groups excluding carboxylic acids is 1. The number of nitrogens with one attached hydrogen (secondary N) is 1. The van der Waals surface area contributed by atoms with E-state index in [2.05, 4.69) is 17.4 Å². The minimum atomic E-state index is -3.84. The van der Waals surface area contributed by atoms with Crippen molar-refractivity contribution in [2.75, 3.05) is 6.54 Å². The highest BCUT2D eigenvalue weighted by Crippen LogP contribution is 2.29. The summed E-state index contributed by atoms with van der Waals surface area (Å²) < 4.78 is 28.2. The van der Waals surface area contributed by atoms with Crippen LogP contribution in [0, 0.1) is 0 Å². The molecule has 0 aliphatic carbocycles. The Morgan fingerprint density at radius 2 is 1.73 bits per heavy atom. The van der Waals surface area contributed by atoms with Gasteiger partial charge in [-0.25, -0.2) is 8.42 Å². The van der Waals surface area contributed by atoms with Gasteiger partial charge in [0, 0.05) is 24.7 Å². The van der Waals surface area contributed by atoms with E-state index in [9.17, 15) is 13.2 Å². The van der Waals surface area contributed by atoms with Crippen molar-refractivity contribution >= 4 is 27.5 Å². The third kappa shape index (κ3) is 5.46. The van der Waals surface area contributed by atoms with Gasteiger partial charge in [0.05, 0.1) is 5.02 Å². The van der Waals surface area contributed by atoms with Crippen LogP contribution < -0.4 is 5.32 Å². The Morgan fingerprint density at radius 3 is 2.48 bits per heavy atom. The molecule has 1 N–H and O–H groups in total. The summed E-state index contributed by atoms with van der Waals surface area (Å²) in [5, 5.41) is 3.08. The predicted molar refractivity (Wildman–Crippen MR) is 131 cm³/mol. The average Bonchev–Trinajstić information content (AvgIpc) is 2.83. The molecule has 5 nitrogen and oxygen atoms in total. The van der Waals surface area contributed by atoms with Crippen LogP contribution in [-0.4, -0.2) is 31.2 Å². The number of sulfonamides is 1. The number of halogens is 1. The largest absolute Gasteiger partial charge is 0.350 e. The lowest BCUT2D eigenvalue weighted by molar-refractivity contribution is 0.0938. The van der Waals surface area contributed by atoms with E-state index in [1.165, 1.54) is 22.0 Å². The van der Waals surface area contributed by atoms with Crippen LogP contribution in [0.25, 0.3) is 0 Å². The highest BCUT2D eigenvalue weighted by molar-refractivity contribution is 7.89. The molecule has 0 unspecified atom stereocenters. The summed E-state index contributed by atoms with van der Waals surface area (Å²) in [5.41, 5.74) is 3.64. The number of rotatable bonds is 7. The first kappa shape index (κ1) is 23.5. The second kappa shape index (κ2) is 10.1. The van der Waals surface area contributed by atoms with Crippen LogP contribution >= 0.6 is 11.6 Å². The molecular formula is C26H27ClN2O3S. The second-order valence-electron chi connectivity index (χ2n) is 8.40. The Kier molecular flexibility index (Phi) is 7.17. The van der Waals surface area contributed by atoms with Crippen molar-refractivity contribution in [1.82, 2.24) is 9.62 Å². The Morgan fingerprint density at radius 1 is 1.03 bits per heavy atom. The van der Waals surface area contributed by atoms with Crippen LogP contribution in [-0.2, 0) is 29.4 Å². The Balaban J connectivity index is 1.47. The van der Waals surface area contributed by atoms with Gasteiger partial charge in [0.1, 0.15) is 4.90 Å². The van der Waals surface area contributed by atoms with Crippen molar-refractivity contribution in [3.05, 3.63) is 100 Å². The SMILES string of the molecule is C[C@@H](CCc1ccccc1)NC(=O)c1ccc(Cl)c(S(=O)(=O)N2CCc3ccccc3C2)c1.